The molecule has 0 saturated heterocycles. The molecule has 2 rings (SSSR count). The first-order chi connectivity index (χ1) is 10.4. The fourth-order valence-corrected chi connectivity index (χ4v) is 1.95. The van der Waals surface area contributed by atoms with E-state index in [0.717, 1.165) is 5.92 Å². The molecule has 2 heteroatoms. The Morgan fingerprint density at radius 2 is 1.73 bits per heavy atom. The van der Waals surface area contributed by atoms with Gasteiger partial charge < -0.3 is 4.74 Å². The van der Waals surface area contributed by atoms with E-state index < -0.39 is 0 Å². The predicted molar refractivity (Wildman–Crippen MR) is 94.8 cm³/mol. The molecule has 1 aliphatic rings. The largest absolute Gasteiger partial charge is 0.469 e. The minimum atomic E-state index is -0.245. The van der Waals surface area contributed by atoms with Gasteiger partial charge in [0.15, 0.2) is 0 Å². The van der Waals surface area contributed by atoms with Gasteiger partial charge in [0.1, 0.15) is 0 Å². The third-order valence-electron chi connectivity index (χ3n) is 3.56. The monoisotopic (exact) mass is 302 g/mol. The molecular formula is C20H30O2. The zero-order valence-corrected chi connectivity index (χ0v) is 14.7. The summed E-state index contributed by atoms with van der Waals surface area (Å²) in [5.74, 6) is 0.522. The van der Waals surface area contributed by atoms with E-state index in [1.54, 1.807) is 5.57 Å². The number of esters is 1. The van der Waals surface area contributed by atoms with E-state index in [2.05, 4.69) is 50.3 Å². The second-order valence-electron chi connectivity index (χ2n) is 5.72. The maximum absolute atomic E-state index is 9.59. The summed E-state index contributed by atoms with van der Waals surface area (Å²) in [5, 5.41) is 0. The first-order valence-electron chi connectivity index (χ1n) is 7.74. The second-order valence-corrected chi connectivity index (χ2v) is 5.72. The summed E-state index contributed by atoms with van der Waals surface area (Å²) in [6.07, 6.45) is 6.17. The van der Waals surface area contributed by atoms with Crippen molar-refractivity contribution in [3.8, 4) is 0 Å². The van der Waals surface area contributed by atoms with Crippen LogP contribution in [-0.4, -0.2) is 13.1 Å². The third kappa shape index (κ3) is 10.9. The van der Waals surface area contributed by atoms with Crippen molar-refractivity contribution in [1.82, 2.24) is 0 Å². The molecule has 0 fully saturated rings. The van der Waals surface area contributed by atoms with Crippen LogP contribution < -0.4 is 0 Å². The van der Waals surface area contributed by atoms with Crippen molar-refractivity contribution in [3.05, 3.63) is 59.7 Å². The Morgan fingerprint density at radius 1 is 1.18 bits per heavy atom. The van der Waals surface area contributed by atoms with Crippen molar-refractivity contribution >= 4 is 5.97 Å². The quantitative estimate of drug-likeness (QED) is 0.507. The average Bonchev–Trinajstić information content (AvgIpc) is 2.49. The van der Waals surface area contributed by atoms with Gasteiger partial charge in [-0.2, -0.15) is 0 Å². The number of ether oxygens (including phenoxy) is 1. The van der Waals surface area contributed by atoms with Gasteiger partial charge in [-0.25, -0.2) is 0 Å². The molecule has 122 valence electrons. The molecule has 0 bridgehead atoms. The van der Waals surface area contributed by atoms with E-state index in [4.69, 9.17) is 0 Å². The molecule has 0 unspecified atom stereocenters. The first-order valence-corrected chi connectivity index (χ1v) is 7.74. The number of aryl methyl sites for hydroxylation is 1. The summed E-state index contributed by atoms with van der Waals surface area (Å²) < 4.78 is 4.11. The summed E-state index contributed by atoms with van der Waals surface area (Å²) in [6, 6.07) is 10.3. The lowest BCUT2D eigenvalue weighted by Gasteiger charge is -2.19. The van der Waals surface area contributed by atoms with Crippen molar-refractivity contribution in [2.75, 3.05) is 7.11 Å². The fourth-order valence-electron chi connectivity index (χ4n) is 1.95. The number of carbonyl (C=O) groups excluding carboxylic acids is 1. The number of benzene rings is 1. The number of hydrogen-bond acceptors (Lipinski definition) is 2. The molecule has 1 aromatic rings. The van der Waals surface area contributed by atoms with Crippen molar-refractivity contribution < 1.29 is 9.53 Å². The zero-order valence-electron chi connectivity index (χ0n) is 14.7. The molecule has 0 aliphatic heterocycles. The van der Waals surface area contributed by atoms with Gasteiger partial charge >= 0.3 is 5.97 Å². The minimum Gasteiger partial charge on any atom is -0.469 e. The van der Waals surface area contributed by atoms with Crippen LogP contribution in [0.25, 0.3) is 0 Å². The van der Waals surface area contributed by atoms with Crippen LogP contribution in [0.2, 0.25) is 0 Å². The van der Waals surface area contributed by atoms with Gasteiger partial charge in [-0.05, 0) is 46.0 Å². The van der Waals surface area contributed by atoms with E-state index in [1.165, 1.54) is 44.4 Å². The molecule has 0 spiro atoms. The first kappa shape index (κ1) is 20.2. The van der Waals surface area contributed by atoms with Gasteiger partial charge in [0.05, 0.1) is 7.11 Å². The molecule has 0 radical (unpaired) electrons. The lowest BCUT2D eigenvalue weighted by Crippen LogP contribution is -2.04. The molecule has 0 aromatic heterocycles. The molecule has 1 atom stereocenters. The van der Waals surface area contributed by atoms with Crippen molar-refractivity contribution in [3.63, 3.8) is 0 Å². The second kappa shape index (κ2) is 11.8. The van der Waals surface area contributed by atoms with Crippen LogP contribution in [0, 0.1) is 12.8 Å². The number of rotatable bonds is 1. The highest BCUT2D eigenvalue weighted by Gasteiger charge is 2.11. The Morgan fingerprint density at radius 3 is 2.00 bits per heavy atom. The van der Waals surface area contributed by atoms with Crippen LogP contribution in [0.15, 0.2) is 54.1 Å². The molecule has 0 saturated carbocycles. The number of hydrogen-bond donors (Lipinski definition) is 0. The van der Waals surface area contributed by atoms with E-state index in [-0.39, 0.29) is 5.97 Å². The van der Waals surface area contributed by atoms with Gasteiger partial charge in [0.2, 0.25) is 0 Å². The van der Waals surface area contributed by atoms with E-state index in [0.29, 0.717) is 0 Å². The van der Waals surface area contributed by atoms with Crippen LogP contribution >= 0.6 is 0 Å². The summed E-state index contributed by atoms with van der Waals surface area (Å²) in [4.78, 5) is 9.59. The highest BCUT2D eigenvalue weighted by atomic mass is 16.5. The van der Waals surface area contributed by atoms with Crippen LogP contribution in [0.4, 0.5) is 0 Å². The zero-order chi connectivity index (χ0) is 17.0. The number of carbonyl (C=O) groups is 1. The SMILES string of the molecule is C=C(C)[C@H]1CC=C(C)CC1.COC(C)=O.Cc1ccccc1. The summed E-state index contributed by atoms with van der Waals surface area (Å²) in [5.41, 5.74) is 4.23. The third-order valence-corrected chi connectivity index (χ3v) is 3.56. The van der Waals surface area contributed by atoms with E-state index in [9.17, 15) is 4.79 Å². The van der Waals surface area contributed by atoms with Crippen LogP contribution in [-0.2, 0) is 9.53 Å². The van der Waals surface area contributed by atoms with Crippen molar-refractivity contribution in [2.24, 2.45) is 5.92 Å². The van der Waals surface area contributed by atoms with Gasteiger partial charge in [0, 0.05) is 6.92 Å². The Balaban J connectivity index is 0.000000322. The highest BCUT2D eigenvalue weighted by molar-refractivity contribution is 5.65. The Hall–Kier alpha value is -1.83. The Labute approximate surface area is 135 Å². The number of methoxy groups -OCH3 is 1. The van der Waals surface area contributed by atoms with Gasteiger partial charge in [-0.3, -0.25) is 4.79 Å². The lowest BCUT2D eigenvalue weighted by molar-refractivity contribution is -0.137. The smallest absolute Gasteiger partial charge is 0.302 e. The minimum absolute atomic E-state index is 0.245. The number of allylic oxidation sites excluding steroid dienone is 3. The summed E-state index contributed by atoms with van der Waals surface area (Å²) >= 11 is 0. The van der Waals surface area contributed by atoms with Gasteiger partial charge in [-0.15, -0.1) is 0 Å². The van der Waals surface area contributed by atoms with E-state index in [1.807, 2.05) is 18.2 Å². The Bertz CT molecular complexity index is 472. The average molecular weight is 302 g/mol. The molecular weight excluding hydrogens is 272 g/mol. The van der Waals surface area contributed by atoms with Crippen LogP contribution in [0.3, 0.4) is 0 Å². The maximum Gasteiger partial charge on any atom is 0.302 e. The molecule has 1 aliphatic carbocycles. The van der Waals surface area contributed by atoms with Crippen LogP contribution in [0.5, 0.6) is 0 Å². The fraction of sp³-hybridized carbons (Fsp3) is 0.450. The molecule has 0 heterocycles. The lowest BCUT2D eigenvalue weighted by atomic mass is 9.86. The van der Waals surface area contributed by atoms with Crippen molar-refractivity contribution in [2.45, 2.75) is 47.0 Å². The molecule has 2 nitrogen and oxygen atoms in total. The predicted octanol–water partition coefficient (Wildman–Crippen LogP) is 5.48. The van der Waals surface area contributed by atoms with E-state index >= 15 is 0 Å². The Kier molecular flexibility index (Phi) is 10.8. The van der Waals surface area contributed by atoms with Gasteiger partial charge in [0.25, 0.3) is 0 Å². The molecule has 0 N–H and O–H groups in total. The molecule has 0 amide bonds. The highest BCUT2D eigenvalue weighted by Crippen LogP contribution is 2.27. The molecule has 1 aromatic carbocycles. The van der Waals surface area contributed by atoms with Crippen LogP contribution in [0.1, 0.15) is 45.6 Å². The topological polar surface area (TPSA) is 26.3 Å². The normalized spacial score (nSPS) is 16.0. The molecule has 22 heavy (non-hydrogen) atoms. The summed E-state index contributed by atoms with van der Waals surface area (Å²) in [7, 11) is 1.35. The van der Waals surface area contributed by atoms with Crippen molar-refractivity contribution in [1.29, 1.82) is 0 Å². The maximum atomic E-state index is 9.59. The standard InChI is InChI=1S/C10H16.C7H8.C3H6O2/c1-8(2)10-6-4-9(3)5-7-10;1-7-5-3-2-4-6-7;1-3(4)5-2/h4,10H,1,5-7H2,2-3H3;2-6H,1H3;1-2H3/t10-;;/m0../s1. The van der Waals surface area contributed by atoms with Gasteiger partial charge in [-0.1, -0.05) is 59.7 Å². The summed E-state index contributed by atoms with van der Waals surface area (Å²) in [6.45, 7) is 11.8.